The van der Waals surface area contributed by atoms with E-state index in [0.717, 1.165) is 0 Å². The van der Waals surface area contributed by atoms with Gasteiger partial charge in [-0.3, -0.25) is 14.4 Å². The van der Waals surface area contributed by atoms with Crippen LogP contribution in [0, 0.1) is 5.92 Å². The highest BCUT2D eigenvalue weighted by molar-refractivity contribution is 6.10. The number of hydrogen-bond acceptors (Lipinski definition) is 6. The molecule has 198 valence electrons. The van der Waals surface area contributed by atoms with Crippen LogP contribution in [-0.2, 0) is 9.53 Å². The fourth-order valence-corrected chi connectivity index (χ4v) is 3.61. The number of carbonyl (C=O) groups excluding carboxylic acids is 4. The number of anilines is 2. The number of rotatable bonds is 10. The second kappa shape index (κ2) is 13.0. The lowest BCUT2D eigenvalue weighted by Crippen LogP contribution is -2.47. The summed E-state index contributed by atoms with van der Waals surface area (Å²) in [6, 6.07) is 18.6. The Labute approximate surface area is 221 Å². The second-order valence-electron chi connectivity index (χ2n) is 8.71. The van der Waals surface area contributed by atoms with Crippen molar-refractivity contribution in [1.82, 2.24) is 5.32 Å². The summed E-state index contributed by atoms with van der Waals surface area (Å²) in [5.74, 6) is -1.39. The number of nitrogens with one attached hydrogen (secondary N) is 3. The van der Waals surface area contributed by atoms with Gasteiger partial charge in [-0.05, 0) is 73.5 Å². The van der Waals surface area contributed by atoms with Crippen molar-refractivity contribution >= 4 is 35.1 Å². The maximum absolute atomic E-state index is 13.2. The van der Waals surface area contributed by atoms with Gasteiger partial charge in [0.2, 0.25) is 5.91 Å². The predicted octanol–water partition coefficient (Wildman–Crippen LogP) is 4.52. The van der Waals surface area contributed by atoms with E-state index in [1.54, 1.807) is 79.7 Å². The van der Waals surface area contributed by atoms with Crippen LogP contribution in [0.4, 0.5) is 11.4 Å². The summed E-state index contributed by atoms with van der Waals surface area (Å²) in [5, 5.41) is 8.31. The van der Waals surface area contributed by atoms with E-state index in [0.29, 0.717) is 28.3 Å². The van der Waals surface area contributed by atoms with Crippen LogP contribution in [-0.4, -0.2) is 43.4 Å². The molecular formula is C29H31N3O6. The Morgan fingerprint density at radius 1 is 0.789 bits per heavy atom. The zero-order chi connectivity index (χ0) is 27.7. The quantitative estimate of drug-likeness (QED) is 0.340. The van der Waals surface area contributed by atoms with Gasteiger partial charge in [0.15, 0.2) is 0 Å². The Morgan fingerprint density at radius 2 is 1.42 bits per heavy atom. The van der Waals surface area contributed by atoms with Crippen molar-refractivity contribution in [3.05, 3.63) is 89.5 Å². The van der Waals surface area contributed by atoms with Crippen LogP contribution in [0.2, 0.25) is 0 Å². The number of amides is 3. The lowest BCUT2D eigenvalue weighted by Gasteiger charge is -2.22. The average molecular weight is 518 g/mol. The Balaban J connectivity index is 1.71. The van der Waals surface area contributed by atoms with Crippen LogP contribution in [0.15, 0.2) is 72.8 Å². The fraction of sp³-hybridized carbons (Fsp3) is 0.241. The van der Waals surface area contributed by atoms with Crippen molar-refractivity contribution in [2.45, 2.75) is 26.8 Å². The summed E-state index contributed by atoms with van der Waals surface area (Å²) in [4.78, 5) is 50.9. The topological polar surface area (TPSA) is 123 Å². The van der Waals surface area contributed by atoms with Crippen molar-refractivity contribution in [2.75, 3.05) is 24.4 Å². The molecule has 0 saturated carbocycles. The van der Waals surface area contributed by atoms with E-state index in [2.05, 4.69) is 16.0 Å². The number of hydrogen-bond donors (Lipinski definition) is 3. The Morgan fingerprint density at radius 3 is 2.03 bits per heavy atom. The van der Waals surface area contributed by atoms with Gasteiger partial charge in [0.1, 0.15) is 11.8 Å². The molecule has 9 heteroatoms. The minimum Gasteiger partial charge on any atom is -0.497 e. The standard InChI is InChI=1S/C29H31N3O6/c1-5-38-29(36)20-10-14-21(15-11-20)30-28(35)25(18(2)3)32-27(34)23-8-6-7-9-24(23)31-26(33)19-12-16-22(37-4)17-13-19/h6-18,25H,5H2,1-4H3,(H,30,35)(H,31,33)(H,32,34)/t25-/m1/s1. The van der Waals surface area contributed by atoms with Crippen LogP contribution in [0.25, 0.3) is 0 Å². The highest BCUT2D eigenvalue weighted by atomic mass is 16.5. The fourth-order valence-electron chi connectivity index (χ4n) is 3.61. The molecule has 3 rings (SSSR count). The van der Waals surface area contributed by atoms with Gasteiger partial charge >= 0.3 is 5.97 Å². The summed E-state index contributed by atoms with van der Waals surface area (Å²) in [6.45, 7) is 5.61. The molecule has 38 heavy (non-hydrogen) atoms. The Hall–Kier alpha value is -4.66. The van der Waals surface area contributed by atoms with Crippen LogP contribution < -0.4 is 20.7 Å². The number of carbonyl (C=O) groups is 4. The molecule has 3 aromatic rings. The zero-order valence-electron chi connectivity index (χ0n) is 21.7. The lowest BCUT2D eigenvalue weighted by atomic mass is 10.0. The van der Waals surface area contributed by atoms with Gasteiger partial charge in [0, 0.05) is 11.3 Å². The van der Waals surface area contributed by atoms with Gasteiger partial charge in [-0.25, -0.2) is 4.79 Å². The maximum atomic E-state index is 13.2. The zero-order valence-corrected chi connectivity index (χ0v) is 21.7. The highest BCUT2D eigenvalue weighted by Crippen LogP contribution is 2.19. The molecule has 0 aliphatic heterocycles. The van der Waals surface area contributed by atoms with Gasteiger partial charge in [0.05, 0.1) is 30.5 Å². The molecule has 0 aliphatic rings. The first kappa shape index (κ1) is 27.9. The third-order valence-corrected chi connectivity index (χ3v) is 5.67. The van der Waals surface area contributed by atoms with E-state index in [1.807, 2.05) is 13.8 Å². The van der Waals surface area contributed by atoms with E-state index in [9.17, 15) is 19.2 Å². The summed E-state index contributed by atoms with van der Waals surface area (Å²) in [7, 11) is 1.54. The van der Waals surface area contributed by atoms with Gasteiger partial charge < -0.3 is 25.4 Å². The number of para-hydroxylation sites is 1. The molecule has 1 atom stereocenters. The van der Waals surface area contributed by atoms with Crippen LogP contribution in [0.1, 0.15) is 51.8 Å². The van der Waals surface area contributed by atoms with Crippen molar-refractivity contribution in [2.24, 2.45) is 5.92 Å². The van der Waals surface area contributed by atoms with E-state index in [4.69, 9.17) is 9.47 Å². The summed E-state index contributed by atoms with van der Waals surface area (Å²) in [5.41, 5.74) is 1.76. The second-order valence-corrected chi connectivity index (χ2v) is 8.71. The molecule has 0 bridgehead atoms. The minimum absolute atomic E-state index is 0.214. The Bertz CT molecular complexity index is 1290. The van der Waals surface area contributed by atoms with Gasteiger partial charge in [0.25, 0.3) is 11.8 Å². The molecule has 3 amide bonds. The van der Waals surface area contributed by atoms with Crippen LogP contribution in [0.3, 0.4) is 0 Å². The van der Waals surface area contributed by atoms with Crippen molar-refractivity contribution in [3.63, 3.8) is 0 Å². The number of ether oxygens (including phenoxy) is 2. The van der Waals surface area contributed by atoms with E-state index < -0.39 is 29.7 Å². The van der Waals surface area contributed by atoms with Crippen LogP contribution >= 0.6 is 0 Å². The molecule has 0 heterocycles. The lowest BCUT2D eigenvalue weighted by molar-refractivity contribution is -0.118. The first-order valence-corrected chi connectivity index (χ1v) is 12.2. The summed E-state index contributed by atoms with van der Waals surface area (Å²) < 4.78 is 10.1. The molecule has 0 radical (unpaired) electrons. The molecule has 0 unspecified atom stereocenters. The molecule has 9 nitrogen and oxygen atoms in total. The molecule has 0 aliphatic carbocycles. The molecular weight excluding hydrogens is 486 g/mol. The number of benzene rings is 3. The Kier molecular flexibility index (Phi) is 9.59. The third kappa shape index (κ3) is 7.19. The SMILES string of the molecule is CCOC(=O)c1ccc(NC(=O)[C@H](NC(=O)c2ccccc2NC(=O)c2ccc(OC)cc2)C(C)C)cc1. The number of esters is 1. The first-order chi connectivity index (χ1) is 18.2. The maximum Gasteiger partial charge on any atom is 0.338 e. The van der Waals surface area contributed by atoms with Crippen molar-refractivity contribution in [1.29, 1.82) is 0 Å². The van der Waals surface area contributed by atoms with E-state index in [1.165, 1.54) is 7.11 Å². The summed E-state index contributed by atoms with van der Waals surface area (Å²) >= 11 is 0. The van der Waals surface area contributed by atoms with Gasteiger partial charge in [-0.15, -0.1) is 0 Å². The molecule has 0 fully saturated rings. The predicted molar refractivity (Wildman–Crippen MR) is 145 cm³/mol. The van der Waals surface area contributed by atoms with Gasteiger partial charge in [-0.2, -0.15) is 0 Å². The van der Waals surface area contributed by atoms with E-state index >= 15 is 0 Å². The largest absolute Gasteiger partial charge is 0.497 e. The van der Waals surface area contributed by atoms with Crippen molar-refractivity contribution in [3.8, 4) is 5.75 Å². The molecule has 3 N–H and O–H groups in total. The molecule has 0 saturated heterocycles. The monoisotopic (exact) mass is 517 g/mol. The number of methoxy groups -OCH3 is 1. The third-order valence-electron chi connectivity index (χ3n) is 5.67. The smallest absolute Gasteiger partial charge is 0.338 e. The average Bonchev–Trinajstić information content (AvgIpc) is 2.92. The molecule has 0 spiro atoms. The molecule has 3 aromatic carbocycles. The first-order valence-electron chi connectivity index (χ1n) is 12.2. The summed E-state index contributed by atoms with van der Waals surface area (Å²) in [6.07, 6.45) is 0. The normalized spacial score (nSPS) is 11.3. The highest BCUT2D eigenvalue weighted by Gasteiger charge is 2.26. The van der Waals surface area contributed by atoms with E-state index in [-0.39, 0.29) is 18.1 Å². The minimum atomic E-state index is -0.863. The van der Waals surface area contributed by atoms with Crippen molar-refractivity contribution < 1.29 is 28.7 Å². The molecule has 0 aromatic heterocycles. The van der Waals surface area contributed by atoms with Crippen LogP contribution in [0.5, 0.6) is 5.75 Å². The van der Waals surface area contributed by atoms with Gasteiger partial charge in [-0.1, -0.05) is 26.0 Å².